The van der Waals surface area contributed by atoms with E-state index in [0.717, 1.165) is 45.3 Å². The second-order valence-electron chi connectivity index (χ2n) is 6.04. The second-order valence-corrected chi connectivity index (χ2v) is 6.04. The lowest BCUT2D eigenvalue weighted by Crippen LogP contribution is -2.45. The quantitative estimate of drug-likeness (QED) is 0.772. The van der Waals surface area contributed by atoms with Gasteiger partial charge >= 0.3 is 0 Å². The molecule has 110 valence electrons. The average Bonchev–Trinajstić information content (AvgIpc) is 3.09. The van der Waals surface area contributed by atoms with E-state index in [-0.39, 0.29) is 0 Å². The van der Waals surface area contributed by atoms with Gasteiger partial charge < -0.3 is 15.2 Å². The molecule has 0 bridgehead atoms. The van der Waals surface area contributed by atoms with Crippen LogP contribution in [0.15, 0.2) is 0 Å². The highest BCUT2D eigenvalue weighted by Gasteiger charge is 2.32. The van der Waals surface area contributed by atoms with Crippen LogP contribution in [-0.2, 0) is 9.47 Å². The van der Waals surface area contributed by atoms with Gasteiger partial charge in [0.25, 0.3) is 0 Å². The maximum absolute atomic E-state index is 5.95. The Kier molecular flexibility index (Phi) is 4.71. The topological polar surface area (TPSA) is 51.0 Å². The van der Waals surface area contributed by atoms with Gasteiger partial charge in [0, 0.05) is 38.8 Å². The Bertz CT molecular complexity index is 284. The summed E-state index contributed by atoms with van der Waals surface area (Å²) in [6.07, 6.45) is 4.34. The Labute approximate surface area is 116 Å². The summed E-state index contributed by atoms with van der Waals surface area (Å²) in [7, 11) is 0. The van der Waals surface area contributed by atoms with E-state index >= 15 is 0 Å². The molecule has 0 aromatic carbocycles. The van der Waals surface area contributed by atoms with Gasteiger partial charge in [-0.05, 0) is 25.8 Å². The lowest BCUT2D eigenvalue weighted by atomic mass is 10.2. The number of ether oxygens (including phenoxy) is 2. The predicted octanol–water partition coefficient (Wildman–Crippen LogP) is -0.101. The Hall–Kier alpha value is -0.200. The van der Waals surface area contributed by atoms with Gasteiger partial charge in [-0.2, -0.15) is 0 Å². The summed E-state index contributed by atoms with van der Waals surface area (Å²) in [5, 5.41) is 0. The molecule has 0 radical (unpaired) electrons. The molecule has 0 amide bonds. The van der Waals surface area contributed by atoms with Crippen molar-refractivity contribution in [1.29, 1.82) is 0 Å². The largest absolute Gasteiger partial charge is 0.379 e. The van der Waals surface area contributed by atoms with E-state index in [1.165, 1.54) is 25.9 Å². The molecule has 3 aliphatic heterocycles. The normalized spacial score (nSPS) is 38.1. The van der Waals surface area contributed by atoms with E-state index in [1.54, 1.807) is 0 Å². The minimum absolute atomic E-state index is 0.308. The minimum Gasteiger partial charge on any atom is -0.379 e. The Morgan fingerprint density at radius 2 is 1.79 bits per heavy atom. The molecule has 3 atom stereocenters. The standard InChI is InChI=1S/C14H27N3O2/c15-9-13-1-2-14(19-13)11-16-4-3-12(10-16)17-5-7-18-8-6-17/h12-14H,1-11,15H2. The van der Waals surface area contributed by atoms with Gasteiger partial charge in [-0.15, -0.1) is 0 Å². The van der Waals surface area contributed by atoms with Gasteiger partial charge in [0.15, 0.2) is 0 Å². The second kappa shape index (κ2) is 6.50. The number of morpholine rings is 1. The fourth-order valence-electron chi connectivity index (χ4n) is 3.59. The minimum atomic E-state index is 0.308. The van der Waals surface area contributed by atoms with E-state index in [1.807, 2.05) is 0 Å². The van der Waals surface area contributed by atoms with Crippen LogP contribution < -0.4 is 5.73 Å². The summed E-state index contributed by atoms with van der Waals surface area (Å²) >= 11 is 0. The number of hydrogen-bond donors (Lipinski definition) is 1. The first-order chi connectivity index (χ1) is 9.35. The highest BCUT2D eigenvalue weighted by molar-refractivity contribution is 4.87. The Balaban J connectivity index is 1.41. The Morgan fingerprint density at radius 3 is 2.53 bits per heavy atom. The summed E-state index contributed by atoms with van der Waals surface area (Å²) in [6, 6.07) is 0.732. The van der Waals surface area contributed by atoms with Gasteiger partial charge in [-0.1, -0.05) is 0 Å². The van der Waals surface area contributed by atoms with Crippen molar-refractivity contribution in [1.82, 2.24) is 9.80 Å². The van der Waals surface area contributed by atoms with Gasteiger partial charge in [-0.3, -0.25) is 9.80 Å². The molecule has 3 fully saturated rings. The van der Waals surface area contributed by atoms with E-state index < -0.39 is 0 Å². The fourth-order valence-corrected chi connectivity index (χ4v) is 3.59. The van der Waals surface area contributed by atoms with Crippen molar-refractivity contribution >= 4 is 0 Å². The smallest absolute Gasteiger partial charge is 0.0707 e. The van der Waals surface area contributed by atoms with E-state index in [2.05, 4.69) is 9.80 Å². The number of rotatable bonds is 4. The molecule has 19 heavy (non-hydrogen) atoms. The number of nitrogens with zero attached hydrogens (tertiary/aromatic N) is 2. The summed E-state index contributed by atoms with van der Waals surface area (Å²) in [4.78, 5) is 5.17. The average molecular weight is 269 g/mol. The van der Waals surface area contributed by atoms with Crippen molar-refractivity contribution in [3.63, 3.8) is 0 Å². The number of likely N-dealkylation sites (tertiary alicyclic amines) is 1. The zero-order valence-electron chi connectivity index (χ0n) is 11.8. The molecule has 5 heteroatoms. The van der Waals surface area contributed by atoms with Crippen LogP contribution in [0.2, 0.25) is 0 Å². The van der Waals surface area contributed by atoms with Crippen molar-refractivity contribution in [2.24, 2.45) is 5.73 Å². The molecule has 0 aromatic rings. The van der Waals surface area contributed by atoms with E-state index in [9.17, 15) is 0 Å². The lowest BCUT2D eigenvalue weighted by molar-refractivity contribution is 0.0131. The highest BCUT2D eigenvalue weighted by Crippen LogP contribution is 2.23. The van der Waals surface area contributed by atoms with E-state index in [4.69, 9.17) is 15.2 Å². The molecule has 3 heterocycles. The van der Waals surface area contributed by atoms with Crippen LogP contribution in [-0.4, -0.2) is 80.5 Å². The van der Waals surface area contributed by atoms with Crippen LogP contribution in [0.5, 0.6) is 0 Å². The predicted molar refractivity (Wildman–Crippen MR) is 74.2 cm³/mol. The summed E-state index contributed by atoms with van der Waals surface area (Å²) in [5.74, 6) is 0. The maximum Gasteiger partial charge on any atom is 0.0707 e. The Morgan fingerprint density at radius 1 is 1.00 bits per heavy atom. The van der Waals surface area contributed by atoms with Crippen LogP contribution in [0.3, 0.4) is 0 Å². The zero-order valence-corrected chi connectivity index (χ0v) is 11.8. The molecular formula is C14H27N3O2. The third-order valence-corrected chi connectivity index (χ3v) is 4.73. The van der Waals surface area contributed by atoms with Gasteiger partial charge in [0.1, 0.15) is 0 Å². The first-order valence-electron chi connectivity index (χ1n) is 7.75. The van der Waals surface area contributed by atoms with E-state index in [0.29, 0.717) is 18.8 Å². The van der Waals surface area contributed by atoms with Crippen molar-refractivity contribution in [2.75, 3.05) is 52.5 Å². The summed E-state index contributed by atoms with van der Waals surface area (Å²) in [6.45, 7) is 8.20. The van der Waals surface area contributed by atoms with Crippen LogP contribution in [0.25, 0.3) is 0 Å². The summed E-state index contributed by atoms with van der Waals surface area (Å²) < 4.78 is 11.4. The van der Waals surface area contributed by atoms with Crippen molar-refractivity contribution in [3.8, 4) is 0 Å². The molecule has 2 N–H and O–H groups in total. The fraction of sp³-hybridized carbons (Fsp3) is 1.00. The number of hydrogen-bond acceptors (Lipinski definition) is 5. The molecular weight excluding hydrogens is 242 g/mol. The summed E-state index contributed by atoms with van der Waals surface area (Å²) in [5.41, 5.74) is 5.67. The van der Waals surface area contributed by atoms with Crippen molar-refractivity contribution < 1.29 is 9.47 Å². The first-order valence-corrected chi connectivity index (χ1v) is 7.75. The first kappa shape index (κ1) is 13.8. The van der Waals surface area contributed by atoms with Crippen LogP contribution in [0, 0.1) is 0 Å². The van der Waals surface area contributed by atoms with Crippen molar-refractivity contribution in [2.45, 2.75) is 37.5 Å². The molecule has 0 spiro atoms. The lowest BCUT2D eigenvalue weighted by Gasteiger charge is -2.32. The molecule has 3 saturated heterocycles. The van der Waals surface area contributed by atoms with Crippen LogP contribution >= 0.6 is 0 Å². The van der Waals surface area contributed by atoms with Gasteiger partial charge in [0.05, 0.1) is 25.4 Å². The molecule has 5 nitrogen and oxygen atoms in total. The third kappa shape index (κ3) is 3.47. The molecule has 3 unspecified atom stereocenters. The molecule has 3 rings (SSSR count). The third-order valence-electron chi connectivity index (χ3n) is 4.73. The van der Waals surface area contributed by atoms with Crippen molar-refractivity contribution in [3.05, 3.63) is 0 Å². The van der Waals surface area contributed by atoms with Gasteiger partial charge in [-0.25, -0.2) is 0 Å². The molecule has 0 aliphatic carbocycles. The molecule has 3 aliphatic rings. The number of nitrogens with two attached hydrogens (primary N) is 1. The van der Waals surface area contributed by atoms with Gasteiger partial charge in [0.2, 0.25) is 0 Å². The maximum atomic E-state index is 5.95. The molecule has 0 saturated carbocycles. The highest BCUT2D eigenvalue weighted by atomic mass is 16.5. The monoisotopic (exact) mass is 269 g/mol. The SMILES string of the molecule is NCC1CCC(CN2CCC(N3CCOCC3)C2)O1. The van der Waals surface area contributed by atoms with Crippen LogP contribution in [0.1, 0.15) is 19.3 Å². The van der Waals surface area contributed by atoms with Crippen LogP contribution in [0.4, 0.5) is 0 Å². The molecule has 0 aromatic heterocycles. The zero-order chi connectivity index (χ0) is 13.1.